The van der Waals surface area contributed by atoms with Crippen molar-refractivity contribution < 1.29 is 18.7 Å². The number of primary amides is 1. The smallest absolute Gasteiger partial charge is 0.265 e. The number of hydrogen-bond acceptors (Lipinski definition) is 3. The van der Waals surface area contributed by atoms with Crippen molar-refractivity contribution in [1.29, 1.82) is 0 Å². The second kappa shape index (κ2) is 6.71. The Morgan fingerprint density at radius 1 is 1.14 bits per heavy atom. The number of nitrogens with one attached hydrogen (secondary N) is 1. The van der Waals surface area contributed by atoms with Gasteiger partial charge in [0, 0.05) is 0 Å². The maximum atomic E-state index is 12.8. The molecule has 2 amide bonds. The highest BCUT2D eigenvalue weighted by Gasteiger charge is 2.17. The molecular formula is C16H15FN2O3. The van der Waals surface area contributed by atoms with Crippen LogP contribution in [0.4, 0.5) is 10.1 Å². The van der Waals surface area contributed by atoms with Crippen molar-refractivity contribution in [2.45, 2.75) is 13.0 Å². The highest BCUT2D eigenvalue weighted by Crippen LogP contribution is 2.17. The second-order valence-corrected chi connectivity index (χ2v) is 4.61. The molecule has 0 heterocycles. The average Bonchev–Trinajstić information content (AvgIpc) is 2.49. The van der Waals surface area contributed by atoms with E-state index in [1.165, 1.54) is 30.3 Å². The molecule has 0 unspecified atom stereocenters. The van der Waals surface area contributed by atoms with E-state index < -0.39 is 17.9 Å². The first kappa shape index (κ1) is 15.5. The molecule has 0 bridgehead atoms. The summed E-state index contributed by atoms with van der Waals surface area (Å²) in [4.78, 5) is 23.4. The second-order valence-electron chi connectivity index (χ2n) is 4.61. The molecule has 6 heteroatoms. The SMILES string of the molecule is C[C@@H](Oc1ccc(F)cc1)C(=O)Nc1ccccc1C(N)=O. The predicted octanol–water partition coefficient (Wildman–Crippen LogP) is 2.33. The fourth-order valence-corrected chi connectivity index (χ4v) is 1.81. The maximum absolute atomic E-state index is 12.8. The van der Waals surface area contributed by atoms with E-state index >= 15 is 0 Å². The number of amides is 2. The first-order chi connectivity index (χ1) is 10.5. The zero-order valence-corrected chi connectivity index (χ0v) is 11.9. The van der Waals surface area contributed by atoms with Gasteiger partial charge in [-0.2, -0.15) is 0 Å². The third-order valence-electron chi connectivity index (χ3n) is 2.95. The Kier molecular flexibility index (Phi) is 4.73. The Balaban J connectivity index is 2.05. The molecule has 1 atom stereocenters. The summed E-state index contributed by atoms with van der Waals surface area (Å²) in [6.07, 6.45) is -0.827. The maximum Gasteiger partial charge on any atom is 0.265 e. The molecule has 114 valence electrons. The third kappa shape index (κ3) is 3.82. The summed E-state index contributed by atoms with van der Waals surface area (Å²) in [5.74, 6) is -1.10. The fourth-order valence-electron chi connectivity index (χ4n) is 1.81. The third-order valence-corrected chi connectivity index (χ3v) is 2.95. The van der Waals surface area contributed by atoms with E-state index in [9.17, 15) is 14.0 Å². The molecule has 2 rings (SSSR count). The first-order valence-corrected chi connectivity index (χ1v) is 6.59. The number of hydrogen-bond donors (Lipinski definition) is 2. The van der Waals surface area contributed by atoms with Crippen molar-refractivity contribution in [2.24, 2.45) is 5.73 Å². The predicted molar refractivity (Wildman–Crippen MR) is 80.1 cm³/mol. The van der Waals surface area contributed by atoms with E-state index in [-0.39, 0.29) is 11.4 Å². The Morgan fingerprint density at radius 3 is 2.41 bits per heavy atom. The highest BCUT2D eigenvalue weighted by molar-refractivity contribution is 6.03. The van der Waals surface area contributed by atoms with Crippen LogP contribution in [0, 0.1) is 5.82 Å². The molecule has 0 spiro atoms. The topological polar surface area (TPSA) is 81.4 Å². The summed E-state index contributed by atoms with van der Waals surface area (Å²) < 4.78 is 18.2. The summed E-state index contributed by atoms with van der Waals surface area (Å²) in [6.45, 7) is 1.55. The quantitative estimate of drug-likeness (QED) is 0.889. The minimum absolute atomic E-state index is 0.213. The van der Waals surface area contributed by atoms with Crippen LogP contribution < -0.4 is 15.8 Å². The standard InChI is InChI=1S/C16H15FN2O3/c1-10(22-12-8-6-11(17)7-9-12)16(21)19-14-5-3-2-4-13(14)15(18)20/h2-10H,1H3,(H2,18,20)(H,19,21)/t10-/m1/s1. The lowest BCUT2D eigenvalue weighted by molar-refractivity contribution is -0.122. The van der Waals surface area contributed by atoms with Crippen LogP contribution in [0.5, 0.6) is 5.75 Å². The van der Waals surface area contributed by atoms with Crippen LogP contribution in [-0.4, -0.2) is 17.9 Å². The summed E-state index contributed by atoms with van der Waals surface area (Å²) in [5, 5.41) is 2.58. The summed E-state index contributed by atoms with van der Waals surface area (Å²) >= 11 is 0. The van der Waals surface area contributed by atoms with Crippen LogP contribution in [0.15, 0.2) is 48.5 Å². The Morgan fingerprint density at radius 2 is 1.77 bits per heavy atom. The van der Waals surface area contributed by atoms with E-state index in [0.717, 1.165) is 0 Å². The lowest BCUT2D eigenvalue weighted by Gasteiger charge is -2.15. The number of nitrogens with two attached hydrogens (primary N) is 1. The molecule has 0 radical (unpaired) electrons. The van der Waals surface area contributed by atoms with E-state index in [1.54, 1.807) is 25.1 Å². The van der Waals surface area contributed by atoms with Crippen LogP contribution in [0.3, 0.4) is 0 Å². The van der Waals surface area contributed by atoms with Gasteiger partial charge in [0.15, 0.2) is 6.10 Å². The number of ether oxygens (including phenoxy) is 1. The van der Waals surface area contributed by atoms with Crippen LogP contribution in [-0.2, 0) is 4.79 Å². The molecule has 0 aliphatic heterocycles. The summed E-state index contributed by atoms with van der Waals surface area (Å²) in [7, 11) is 0. The average molecular weight is 302 g/mol. The summed E-state index contributed by atoms with van der Waals surface area (Å²) in [5.41, 5.74) is 5.77. The van der Waals surface area contributed by atoms with Crippen LogP contribution in [0.1, 0.15) is 17.3 Å². The van der Waals surface area contributed by atoms with Crippen LogP contribution >= 0.6 is 0 Å². The molecule has 0 saturated carbocycles. The zero-order valence-electron chi connectivity index (χ0n) is 11.9. The van der Waals surface area contributed by atoms with Gasteiger partial charge in [-0.1, -0.05) is 12.1 Å². The van der Waals surface area contributed by atoms with Gasteiger partial charge in [0.25, 0.3) is 11.8 Å². The Bertz CT molecular complexity index is 686. The Hall–Kier alpha value is -2.89. The van der Waals surface area contributed by atoms with Crippen molar-refractivity contribution in [3.05, 3.63) is 59.9 Å². The van der Waals surface area contributed by atoms with Crippen molar-refractivity contribution >= 4 is 17.5 Å². The van der Waals surface area contributed by atoms with Gasteiger partial charge in [-0.3, -0.25) is 9.59 Å². The van der Waals surface area contributed by atoms with Gasteiger partial charge >= 0.3 is 0 Å². The van der Waals surface area contributed by atoms with E-state index in [4.69, 9.17) is 10.5 Å². The van der Waals surface area contributed by atoms with Gasteiger partial charge in [-0.25, -0.2) is 4.39 Å². The van der Waals surface area contributed by atoms with Gasteiger partial charge in [0.2, 0.25) is 0 Å². The van der Waals surface area contributed by atoms with Gasteiger partial charge in [0.05, 0.1) is 11.3 Å². The van der Waals surface area contributed by atoms with E-state index in [1.807, 2.05) is 0 Å². The largest absolute Gasteiger partial charge is 0.481 e. The number of anilines is 1. The molecule has 0 aliphatic carbocycles. The van der Waals surface area contributed by atoms with Gasteiger partial charge < -0.3 is 15.8 Å². The number of para-hydroxylation sites is 1. The minimum Gasteiger partial charge on any atom is -0.481 e. The van der Waals surface area contributed by atoms with Crippen molar-refractivity contribution in [3.8, 4) is 5.75 Å². The fraction of sp³-hybridized carbons (Fsp3) is 0.125. The molecule has 22 heavy (non-hydrogen) atoms. The highest BCUT2D eigenvalue weighted by atomic mass is 19.1. The Labute approximate surface area is 126 Å². The zero-order chi connectivity index (χ0) is 16.1. The summed E-state index contributed by atoms with van der Waals surface area (Å²) in [6, 6.07) is 11.7. The van der Waals surface area contributed by atoms with Crippen LogP contribution in [0.25, 0.3) is 0 Å². The molecule has 0 aliphatic rings. The lowest BCUT2D eigenvalue weighted by atomic mass is 10.1. The molecule has 0 aromatic heterocycles. The van der Waals surface area contributed by atoms with E-state index in [2.05, 4.69) is 5.32 Å². The number of halogens is 1. The van der Waals surface area contributed by atoms with E-state index in [0.29, 0.717) is 11.4 Å². The first-order valence-electron chi connectivity index (χ1n) is 6.59. The molecule has 3 N–H and O–H groups in total. The van der Waals surface area contributed by atoms with Crippen molar-refractivity contribution in [1.82, 2.24) is 0 Å². The molecule has 2 aromatic carbocycles. The normalized spacial score (nSPS) is 11.5. The number of carbonyl (C=O) groups is 2. The molecular weight excluding hydrogens is 287 g/mol. The van der Waals surface area contributed by atoms with Crippen molar-refractivity contribution in [2.75, 3.05) is 5.32 Å². The van der Waals surface area contributed by atoms with Crippen LogP contribution in [0.2, 0.25) is 0 Å². The number of benzene rings is 2. The molecule has 0 saturated heterocycles. The van der Waals surface area contributed by atoms with Gasteiger partial charge in [0.1, 0.15) is 11.6 Å². The number of carbonyl (C=O) groups excluding carboxylic acids is 2. The molecule has 2 aromatic rings. The monoisotopic (exact) mass is 302 g/mol. The van der Waals surface area contributed by atoms with Gasteiger partial charge in [-0.05, 0) is 43.3 Å². The molecule has 0 fully saturated rings. The van der Waals surface area contributed by atoms with Crippen molar-refractivity contribution in [3.63, 3.8) is 0 Å². The minimum atomic E-state index is -0.827. The number of rotatable bonds is 5. The van der Waals surface area contributed by atoms with Gasteiger partial charge in [-0.15, -0.1) is 0 Å². The lowest BCUT2D eigenvalue weighted by Crippen LogP contribution is -2.31. The molecule has 5 nitrogen and oxygen atoms in total.